The highest BCUT2D eigenvalue weighted by Crippen LogP contribution is 2.30. The van der Waals surface area contributed by atoms with Crippen molar-refractivity contribution >= 4 is 0 Å². The predicted molar refractivity (Wildman–Crippen MR) is 59.6 cm³/mol. The molecular weight excluding hydrogens is 188 g/mol. The van der Waals surface area contributed by atoms with Crippen LogP contribution >= 0.6 is 0 Å². The second-order valence-corrected chi connectivity index (χ2v) is 4.66. The van der Waals surface area contributed by atoms with E-state index in [0.717, 1.165) is 18.1 Å². The van der Waals surface area contributed by atoms with E-state index in [1.807, 2.05) is 6.92 Å². The minimum atomic E-state index is 0.150. The van der Waals surface area contributed by atoms with Gasteiger partial charge in [0.2, 0.25) is 0 Å². The molecule has 1 heterocycles. The lowest BCUT2D eigenvalue weighted by Crippen LogP contribution is -2.18. The molecule has 0 spiro atoms. The van der Waals surface area contributed by atoms with Crippen molar-refractivity contribution in [1.82, 2.24) is 15.2 Å². The van der Waals surface area contributed by atoms with Crippen LogP contribution in [-0.4, -0.2) is 21.2 Å². The molecule has 2 rings (SSSR count). The number of aromatic amines is 1. The summed E-state index contributed by atoms with van der Waals surface area (Å²) >= 11 is 0. The van der Waals surface area contributed by atoms with Gasteiger partial charge in [0.15, 0.2) is 5.82 Å². The van der Waals surface area contributed by atoms with Crippen molar-refractivity contribution in [1.29, 1.82) is 0 Å². The molecule has 1 aliphatic carbocycles. The molecule has 84 valence electrons. The van der Waals surface area contributed by atoms with Gasteiger partial charge in [-0.25, -0.2) is 4.98 Å². The Hall–Kier alpha value is -0.900. The smallest absolute Gasteiger partial charge is 0.153 e. The zero-order valence-electron chi connectivity index (χ0n) is 9.37. The van der Waals surface area contributed by atoms with E-state index in [9.17, 15) is 0 Å². The third-order valence-electron chi connectivity index (χ3n) is 3.03. The summed E-state index contributed by atoms with van der Waals surface area (Å²) in [5.41, 5.74) is 5.72. The number of rotatable bonds is 3. The number of hydrogen-bond donors (Lipinski definition) is 2. The van der Waals surface area contributed by atoms with Crippen molar-refractivity contribution in [3.05, 3.63) is 11.6 Å². The van der Waals surface area contributed by atoms with Crippen LogP contribution in [-0.2, 0) is 6.42 Å². The summed E-state index contributed by atoms with van der Waals surface area (Å²) in [6.45, 7) is 1.99. The van der Waals surface area contributed by atoms with Gasteiger partial charge in [0.25, 0.3) is 0 Å². The number of nitrogens with one attached hydrogen (secondary N) is 1. The van der Waals surface area contributed by atoms with E-state index in [4.69, 9.17) is 5.73 Å². The Labute approximate surface area is 90.7 Å². The molecular formula is C11H20N4. The lowest BCUT2D eigenvalue weighted by atomic mass is 9.89. The molecule has 4 nitrogen and oxygen atoms in total. The minimum Gasteiger partial charge on any atom is -0.328 e. The minimum absolute atomic E-state index is 0.150. The molecule has 1 aliphatic rings. The highest BCUT2D eigenvalue weighted by Gasteiger charge is 2.19. The first kappa shape index (κ1) is 10.6. The van der Waals surface area contributed by atoms with E-state index in [-0.39, 0.29) is 6.04 Å². The Kier molecular flexibility index (Phi) is 3.36. The van der Waals surface area contributed by atoms with Crippen LogP contribution in [0.4, 0.5) is 0 Å². The summed E-state index contributed by atoms with van der Waals surface area (Å²) in [5, 5.41) is 7.29. The Morgan fingerprint density at radius 2 is 2.13 bits per heavy atom. The van der Waals surface area contributed by atoms with Crippen molar-refractivity contribution in [2.45, 2.75) is 57.4 Å². The zero-order valence-corrected chi connectivity index (χ0v) is 9.37. The van der Waals surface area contributed by atoms with Crippen LogP contribution in [0.2, 0.25) is 0 Å². The molecule has 0 bridgehead atoms. The number of nitrogens with zero attached hydrogens (tertiary/aromatic N) is 2. The van der Waals surface area contributed by atoms with E-state index in [1.165, 1.54) is 32.1 Å². The second-order valence-electron chi connectivity index (χ2n) is 4.66. The van der Waals surface area contributed by atoms with Crippen LogP contribution in [0.3, 0.4) is 0 Å². The average molecular weight is 208 g/mol. The van der Waals surface area contributed by atoms with Gasteiger partial charge in [0.1, 0.15) is 5.82 Å². The highest BCUT2D eigenvalue weighted by molar-refractivity contribution is 4.99. The monoisotopic (exact) mass is 208 g/mol. The lowest BCUT2D eigenvalue weighted by molar-refractivity contribution is 0.429. The van der Waals surface area contributed by atoms with Crippen LogP contribution in [0.15, 0.2) is 0 Å². The van der Waals surface area contributed by atoms with Gasteiger partial charge < -0.3 is 5.73 Å². The lowest BCUT2D eigenvalue weighted by Gasteiger charge is -2.18. The molecule has 0 aromatic carbocycles. The van der Waals surface area contributed by atoms with Crippen molar-refractivity contribution in [3.63, 3.8) is 0 Å². The van der Waals surface area contributed by atoms with Crippen molar-refractivity contribution in [2.75, 3.05) is 0 Å². The van der Waals surface area contributed by atoms with E-state index in [1.54, 1.807) is 0 Å². The van der Waals surface area contributed by atoms with Crippen molar-refractivity contribution < 1.29 is 0 Å². The van der Waals surface area contributed by atoms with E-state index < -0.39 is 0 Å². The Morgan fingerprint density at radius 3 is 2.80 bits per heavy atom. The first-order chi connectivity index (χ1) is 7.25. The van der Waals surface area contributed by atoms with Crippen LogP contribution < -0.4 is 5.73 Å². The topological polar surface area (TPSA) is 67.6 Å². The van der Waals surface area contributed by atoms with Crippen LogP contribution in [0.25, 0.3) is 0 Å². The molecule has 0 aliphatic heterocycles. The molecule has 15 heavy (non-hydrogen) atoms. The first-order valence-electron chi connectivity index (χ1n) is 5.92. The summed E-state index contributed by atoms with van der Waals surface area (Å²) in [7, 11) is 0. The van der Waals surface area contributed by atoms with Gasteiger partial charge in [-0.1, -0.05) is 19.3 Å². The molecule has 1 saturated carbocycles. The molecule has 1 fully saturated rings. The van der Waals surface area contributed by atoms with Gasteiger partial charge in [-0.3, -0.25) is 5.10 Å². The Balaban J connectivity index is 1.99. The van der Waals surface area contributed by atoms with Crippen LogP contribution in [0, 0.1) is 0 Å². The number of H-pyrrole nitrogens is 1. The fraction of sp³-hybridized carbons (Fsp3) is 0.818. The SMILES string of the molecule is CC(N)Cc1nc(C2CCCCC2)n[nH]1. The van der Waals surface area contributed by atoms with Gasteiger partial charge in [-0.15, -0.1) is 0 Å². The van der Waals surface area contributed by atoms with E-state index in [0.29, 0.717) is 5.92 Å². The molecule has 4 heteroatoms. The van der Waals surface area contributed by atoms with Gasteiger partial charge in [-0.2, -0.15) is 5.10 Å². The molecule has 0 saturated heterocycles. The maximum Gasteiger partial charge on any atom is 0.153 e. The molecule has 3 N–H and O–H groups in total. The zero-order chi connectivity index (χ0) is 10.7. The van der Waals surface area contributed by atoms with Gasteiger partial charge in [0, 0.05) is 18.4 Å². The summed E-state index contributed by atoms with van der Waals surface area (Å²) in [4.78, 5) is 4.53. The third-order valence-corrected chi connectivity index (χ3v) is 3.03. The van der Waals surface area contributed by atoms with Crippen LogP contribution in [0.1, 0.15) is 56.6 Å². The largest absolute Gasteiger partial charge is 0.328 e. The molecule has 0 amide bonds. The van der Waals surface area contributed by atoms with Crippen molar-refractivity contribution in [3.8, 4) is 0 Å². The van der Waals surface area contributed by atoms with E-state index >= 15 is 0 Å². The maximum absolute atomic E-state index is 5.72. The summed E-state index contributed by atoms with van der Waals surface area (Å²) < 4.78 is 0. The number of nitrogens with two attached hydrogens (primary N) is 1. The Morgan fingerprint density at radius 1 is 1.40 bits per heavy atom. The highest BCUT2D eigenvalue weighted by atomic mass is 15.2. The summed E-state index contributed by atoms with van der Waals surface area (Å²) in [6.07, 6.45) is 7.29. The molecule has 1 unspecified atom stereocenters. The summed E-state index contributed by atoms with van der Waals surface area (Å²) in [5.74, 6) is 2.52. The molecule has 1 aromatic rings. The number of aromatic nitrogens is 3. The van der Waals surface area contributed by atoms with Gasteiger partial charge in [0.05, 0.1) is 0 Å². The second kappa shape index (κ2) is 4.75. The van der Waals surface area contributed by atoms with Crippen molar-refractivity contribution in [2.24, 2.45) is 5.73 Å². The normalized spacial score (nSPS) is 20.4. The fourth-order valence-electron chi connectivity index (χ4n) is 2.25. The molecule has 1 atom stereocenters. The predicted octanol–water partition coefficient (Wildman–Crippen LogP) is 1.74. The molecule has 1 aromatic heterocycles. The fourth-order valence-corrected chi connectivity index (χ4v) is 2.25. The number of hydrogen-bond acceptors (Lipinski definition) is 3. The average Bonchev–Trinajstić information content (AvgIpc) is 2.67. The van der Waals surface area contributed by atoms with E-state index in [2.05, 4.69) is 15.2 Å². The third kappa shape index (κ3) is 2.78. The van der Waals surface area contributed by atoms with Crippen LogP contribution in [0.5, 0.6) is 0 Å². The maximum atomic E-state index is 5.72. The Bertz CT molecular complexity index is 299. The molecule has 0 radical (unpaired) electrons. The standard InChI is InChI=1S/C11H20N4/c1-8(12)7-10-13-11(15-14-10)9-5-3-2-4-6-9/h8-9H,2-7,12H2,1H3,(H,13,14,15). The first-order valence-corrected chi connectivity index (χ1v) is 5.92. The quantitative estimate of drug-likeness (QED) is 0.795. The van der Waals surface area contributed by atoms with Gasteiger partial charge >= 0.3 is 0 Å². The van der Waals surface area contributed by atoms with Gasteiger partial charge in [-0.05, 0) is 19.8 Å². The summed E-state index contributed by atoms with van der Waals surface area (Å²) in [6, 6.07) is 0.150.